The second kappa shape index (κ2) is 6.34. The number of sulfonamides is 1. The number of hydrogen-bond donors (Lipinski definition) is 3. The molecule has 0 radical (unpaired) electrons. The lowest BCUT2D eigenvalue weighted by Gasteiger charge is -2.22. The van der Waals surface area contributed by atoms with Gasteiger partial charge in [-0.1, -0.05) is 18.6 Å². The third kappa shape index (κ3) is 4.03. The molecule has 7 heteroatoms. The van der Waals surface area contributed by atoms with Crippen LogP contribution in [0.1, 0.15) is 24.8 Å². The van der Waals surface area contributed by atoms with Crippen LogP contribution in [-0.2, 0) is 21.4 Å². The van der Waals surface area contributed by atoms with E-state index in [-0.39, 0.29) is 16.8 Å². The Morgan fingerprint density at radius 2 is 2.20 bits per heavy atom. The van der Waals surface area contributed by atoms with E-state index in [2.05, 4.69) is 10.6 Å². The fourth-order valence-electron chi connectivity index (χ4n) is 2.22. The quantitative estimate of drug-likeness (QED) is 0.733. The van der Waals surface area contributed by atoms with Crippen LogP contribution >= 0.6 is 0 Å². The van der Waals surface area contributed by atoms with Crippen LogP contribution in [0.5, 0.6) is 0 Å². The third-order valence-corrected chi connectivity index (χ3v) is 4.23. The van der Waals surface area contributed by atoms with Gasteiger partial charge in [-0.2, -0.15) is 0 Å². The summed E-state index contributed by atoms with van der Waals surface area (Å²) in [7, 11) is -3.71. The monoisotopic (exact) mass is 297 g/mol. The molecule has 6 nitrogen and oxygen atoms in total. The summed E-state index contributed by atoms with van der Waals surface area (Å²) in [6.45, 7) is 1.15. The maximum atomic E-state index is 11.9. The molecule has 1 aromatic rings. The van der Waals surface area contributed by atoms with Crippen LogP contribution in [0.15, 0.2) is 29.2 Å². The van der Waals surface area contributed by atoms with Gasteiger partial charge in [0.2, 0.25) is 15.9 Å². The van der Waals surface area contributed by atoms with Gasteiger partial charge in [0.1, 0.15) is 0 Å². The smallest absolute Gasteiger partial charge is 0.238 e. The van der Waals surface area contributed by atoms with E-state index in [0.717, 1.165) is 25.8 Å². The Labute approximate surface area is 118 Å². The van der Waals surface area contributed by atoms with Gasteiger partial charge >= 0.3 is 0 Å². The average Bonchev–Trinajstić information content (AvgIpc) is 2.45. The van der Waals surface area contributed by atoms with E-state index in [1.54, 1.807) is 12.1 Å². The average molecular weight is 297 g/mol. The molecule has 0 aromatic heterocycles. The number of amides is 1. The molecule has 1 amide bonds. The molecule has 1 unspecified atom stereocenters. The van der Waals surface area contributed by atoms with E-state index in [1.807, 2.05) is 0 Å². The van der Waals surface area contributed by atoms with Crippen molar-refractivity contribution in [3.8, 4) is 0 Å². The van der Waals surface area contributed by atoms with Gasteiger partial charge in [0.05, 0.1) is 10.9 Å². The fraction of sp³-hybridized carbons (Fsp3) is 0.462. The van der Waals surface area contributed by atoms with Crippen molar-refractivity contribution in [3.63, 3.8) is 0 Å². The Kier molecular flexibility index (Phi) is 4.74. The number of nitrogens with two attached hydrogens (primary N) is 1. The molecule has 1 heterocycles. The van der Waals surface area contributed by atoms with Crippen LogP contribution in [0.3, 0.4) is 0 Å². The largest absolute Gasteiger partial charge is 0.351 e. The number of benzene rings is 1. The molecule has 0 saturated carbocycles. The molecule has 2 rings (SSSR count). The highest BCUT2D eigenvalue weighted by atomic mass is 32.2. The maximum absolute atomic E-state index is 11.9. The van der Waals surface area contributed by atoms with Gasteiger partial charge in [0.25, 0.3) is 0 Å². The standard InChI is InChI=1S/C13H19N3O3S/c14-20(18,19)11-5-3-4-10(8-11)9-16-13(17)12-6-1-2-7-15-12/h3-5,8,12,15H,1-2,6-7,9H2,(H,16,17)(H2,14,18,19). The highest BCUT2D eigenvalue weighted by Crippen LogP contribution is 2.10. The molecule has 4 N–H and O–H groups in total. The predicted octanol–water partition coefficient (Wildman–Crippen LogP) is 0.0923. The number of carbonyl (C=O) groups is 1. The highest BCUT2D eigenvalue weighted by molar-refractivity contribution is 7.89. The van der Waals surface area contributed by atoms with E-state index in [4.69, 9.17) is 5.14 Å². The summed E-state index contributed by atoms with van der Waals surface area (Å²) in [6.07, 6.45) is 2.98. The van der Waals surface area contributed by atoms with E-state index >= 15 is 0 Å². The molecule has 110 valence electrons. The van der Waals surface area contributed by atoms with Crippen molar-refractivity contribution in [1.29, 1.82) is 0 Å². The van der Waals surface area contributed by atoms with Crippen LogP contribution in [0.4, 0.5) is 0 Å². The minimum absolute atomic E-state index is 0.0503. The van der Waals surface area contributed by atoms with Gasteiger partial charge in [-0.05, 0) is 37.1 Å². The summed E-state index contributed by atoms with van der Waals surface area (Å²) in [5.74, 6) is -0.0503. The molecule has 1 saturated heterocycles. The number of piperidine rings is 1. The SMILES string of the molecule is NS(=O)(=O)c1cccc(CNC(=O)C2CCCCN2)c1. The highest BCUT2D eigenvalue weighted by Gasteiger charge is 2.20. The van der Waals surface area contributed by atoms with Crippen LogP contribution < -0.4 is 15.8 Å². The maximum Gasteiger partial charge on any atom is 0.238 e. The third-order valence-electron chi connectivity index (χ3n) is 3.32. The Morgan fingerprint density at radius 3 is 2.85 bits per heavy atom. The van der Waals surface area contributed by atoms with Crippen LogP contribution in [0, 0.1) is 0 Å². The first kappa shape index (κ1) is 15.0. The number of carbonyl (C=O) groups excluding carboxylic acids is 1. The lowest BCUT2D eigenvalue weighted by molar-refractivity contribution is -0.123. The Morgan fingerprint density at radius 1 is 1.40 bits per heavy atom. The summed E-state index contributed by atoms with van der Waals surface area (Å²) in [4.78, 5) is 12.0. The first-order valence-electron chi connectivity index (χ1n) is 6.59. The summed E-state index contributed by atoms with van der Waals surface area (Å²) in [5, 5.41) is 11.0. The van der Waals surface area contributed by atoms with Crippen molar-refractivity contribution in [2.45, 2.75) is 36.7 Å². The lowest BCUT2D eigenvalue weighted by Crippen LogP contribution is -2.46. The van der Waals surface area contributed by atoms with Gasteiger partial charge in [-0.25, -0.2) is 13.6 Å². The van der Waals surface area contributed by atoms with E-state index < -0.39 is 10.0 Å². The van der Waals surface area contributed by atoms with Gasteiger partial charge in [-0.3, -0.25) is 4.79 Å². The summed E-state index contributed by atoms with van der Waals surface area (Å²) < 4.78 is 22.5. The molecule has 1 aromatic carbocycles. The van der Waals surface area contributed by atoms with Crippen molar-refractivity contribution in [2.75, 3.05) is 6.54 Å². The molecule has 0 spiro atoms. The second-order valence-corrected chi connectivity index (χ2v) is 6.47. The zero-order chi connectivity index (χ0) is 14.6. The van der Waals surface area contributed by atoms with Crippen LogP contribution in [0.2, 0.25) is 0 Å². The van der Waals surface area contributed by atoms with Gasteiger partial charge in [0.15, 0.2) is 0 Å². The molecule has 1 aliphatic rings. The fourth-order valence-corrected chi connectivity index (χ4v) is 2.80. The van der Waals surface area contributed by atoms with Crippen LogP contribution in [-0.4, -0.2) is 26.9 Å². The zero-order valence-corrected chi connectivity index (χ0v) is 11.9. The minimum atomic E-state index is -3.71. The minimum Gasteiger partial charge on any atom is -0.351 e. The molecular formula is C13H19N3O3S. The molecule has 1 fully saturated rings. The molecule has 1 atom stereocenters. The Bertz CT molecular complexity index is 580. The topological polar surface area (TPSA) is 101 Å². The lowest BCUT2D eigenvalue weighted by atomic mass is 10.0. The predicted molar refractivity (Wildman–Crippen MR) is 75.3 cm³/mol. The summed E-state index contributed by atoms with van der Waals surface area (Å²) >= 11 is 0. The number of primary sulfonamides is 1. The van der Waals surface area contributed by atoms with E-state index in [1.165, 1.54) is 12.1 Å². The van der Waals surface area contributed by atoms with Crippen molar-refractivity contribution >= 4 is 15.9 Å². The summed E-state index contributed by atoms with van der Waals surface area (Å²) in [5.41, 5.74) is 0.709. The number of rotatable bonds is 4. The molecular weight excluding hydrogens is 278 g/mol. The van der Waals surface area contributed by atoms with E-state index in [9.17, 15) is 13.2 Å². The number of hydrogen-bond acceptors (Lipinski definition) is 4. The van der Waals surface area contributed by atoms with Crippen molar-refractivity contribution < 1.29 is 13.2 Å². The van der Waals surface area contributed by atoms with E-state index in [0.29, 0.717) is 12.1 Å². The van der Waals surface area contributed by atoms with Crippen molar-refractivity contribution in [2.24, 2.45) is 5.14 Å². The first-order valence-corrected chi connectivity index (χ1v) is 8.14. The molecule has 0 aliphatic carbocycles. The first-order chi connectivity index (χ1) is 9.47. The van der Waals surface area contributed by atoms with Crippen molar-refractivity contribution in [3.05, 3.63) is 29.8 Å². The number of nitrogens with one attached hydrogen (secondary N) is 2. The summed E-state index contributed by atoms with van der Waals surface area (Å²) in [6, 6.07) is 6.13. The second-order valence-electron chi connectivity index (χ2n) is 4.91. The van der Waals surface area contributed by atoms with Crippen molar-refractivity contribution in [1.82, 2.24) is 10.6 Å². The molecule has 1 aliphatic heterocycles. The normalized spacial score (nSPS) is 19.6. The molecule has 0 bridgehead atoms. The Hall–Kier alpha value is -1.44. The van der Waals surface area contributed by atoms with Gasteiger partial charge in [0, 0.05) is 6.54 Å². The van der Waals surface area contributed by atoms with Gasteiger partial charge in [-0.15, -0.1) is 0 Å². The Balaban J connectivity index is 1.95. The van der Waals surface area contributed by atoms with Crippen LogP contribution in [0.25, 0.3) is 0 Å². The van der Waals surface area contributed by atoms with Gasteiger partial charge < -0.3 is 10.6 Å². The molecule has 20 heavy (non-hydrogen) atoms. The zero-order valence-electron chi connectivity index (χ0n) is 11.1.